The Kier molecular flexibility index (Phi) is 7.10. The van der Waals surface area contributed by atoms with Crippen LogP contribution in [0.2, 0.25) is 0 Å². The number of ketones is 1. The number of nitrogens with one attached hydrogen (secondary N) is 1. The molecule has 0 atom stereocenters. The number of carbonyl (C=O) groups excluding carboxylic acids is 3. The first-order chi connectivity index (χ1) is 18.6. The second kappa shape index (κ2) is 10.5. The van der Waals surface area contributed by atoms with E-state index in [-0.39, 0.29) is 18.1 Å². The highest BCUT2D eigenvalue weighted by atomic mass is 32.1. The molecule has 0 fully saturated rings. The molecule has 1 aliphatic rings. The van der Waals surface area contributed by atoms with Gasteiger partial charge >= 0.3 is 6.18 Å². The highest BCUT2D eigenvalue weighted by molar-refractivity contribution is 7.14. The molecule has 0 radical (unpaired) electrons. The van der Waals surface area contributed by atoms with Crippen LogP contribution in [0.25, 0.3) is 11.1 Å². The van der Waals surface area contributed by atoms with E-state index < -0.39 is 17.6 Å². The summed E-state index contributed by atoms with van der Waals surface area (Å²) >= 11 is 1.33. The Morgan fingerprint density at radius 2 is 1.62 bits per heavy atom. The minimum atomic E-state index is -4.44. The minimum absolute atomic E-state index is 0.0242. The fourth-order valence-corrected chi connectivity index (χ4v) is 5.44. The molecule has 0 unspecified atom stereocenters. The van der Waals surface area contributed by atoms with Crippen molar-refractivity contribution in [2.75, 3.05) is 5.32 Å². The van der Waals surface area contributed by atoms with Crippen molar-refractivity contribution in [3.8, 4) is 11.1 Å². The van der Waals surface area contributed by atoms with E-state index >= 15 is 0 Å². The number of hydrogen-bond donors (Lipinski definition) is 1. The molecule has 198 valence electrons. The number of Topliss-reactive ketones (excluding diaryl/α,β-unsaturated/α-hetero) is 1. The lowest BCUT2D eigenvalue weighted by Crippen LogP contribution is -2.26. The minimum Gasteiger partial charge on any atom is -0.334 e. The van der Waals surface area contributed by atoms with Gasteiger partial charge in [0.1, 0.15) is 0 Å². The Balaban J connectivity index is 1.28. The molecule has 3 aromatic carbocycles. The summed E-state index contributed by atoms with van der Waals surface area (Å²) in [5, 5.41) is 2.88. The van der Waals surface area contributed by atoms with Crippen LogP contribution < -0.4 is 5.32 Å². The number of alkyl halides is 3. The average Bonchev–Trinajstić information content (AvgIpc) is 3.55. The van der Waals surface area contributed by atoms with E-state index in [9.17, 15) is 27.6 Å². The van der Waals surface area contributed by atoms with Crippen LogP contribution in [0.3, 0.4) is 0 Å². The summed E-state index contributed by atoms with van der Waals surface area (Å²) in [6.45, 7) is 2.37. The fraction of sp³-hybridized carbons (Fsp3) is 0.167. The summed E-state index contributed by atoms with van der Waals surface area (Å²) in [5.41, 5.74) is 3.06. The van der Waals surface area contributed by atoms with Gasteiger partial charge in [-0.15, -0.1) is 11.3 Å². The summed E-state index contributed by atoms with van der Waals surface area (Å²) in [6.07, 6.45) is -4.22. The number of rotatable bonds is 6. The van der Waals surface area contributed by atoms with Gasteiger partial charge in [-0.2, -0.15) is 13.2 Å². The van der Waals surface area contributed by atoms with Crippen LogP contribution in [0.4, 0.5) is 18.9 Å². The van der Waals surface area contributed by atoms with Gasteiger partial charge in [-0.1, -0.05) is 36.4 Å². The molecule has 1 N–H and O–H groups in total. The van der Waals surface area contributed by atoms with Gasteiger partial charge in [-0.3, -0.25) is 14.4 Å². The van der Waals surface area contributed by atoms with Crippen molar-refractivity contribution in [2.24, 2.45) is 0 Å². The summed E-state index contributed by atoms with van der Waals surface area (Å²) in [5.74, 6) is -0.460. The van der Waals surface area contributed by atoms with Crippen LogP contribution in [0, 0.1) is 0 Å². The highest BCUT2D eigenvalue weighted by Gasteiger charge is 2.30. The molecule has 5 nitrogen and oxygen atoms in total. The lowest BCUT2D eigenvalue weighted by Gasteiger charge is -2.14. The number of benzene rings is 3. The standard InChI is InChI=1S/C30H23F3N2O3S/c1-18(36)27-13-12-24(39-27)15-28(37)35-16-20-8-11-23(14-21(20)17-35)34-29(38)26-5-3-2-4-25(26)19-6-9-22(10-7-19)30(31,32)33/h2-14H,15-17H2,1H3,(H,34,38). The molecule has 5 rings (SSSR count). The van der Waals surface area contributed by atoms with E-state index in [0.717, 1.165) is 28.1 Å². The molecule has 9 heteroatoms. The molecule has 0 spiro atoms. The molecule has 2 amide bonds. The van der Waals surface area contributed by atoms with E-state index in [4.69, 9.17) is 0 Å². The number of nitrogens with zero attached hydrogens (tertiary/aromatic N) is 1. The third-order valence-corrected chi connectivity index (χ3v) is 7.75. The zero-order chi connectivity index (χ0) is 27.7. The lowest BCUT2D eigenvalue weighted by atomic mass is 9.98. The van der Waals surface area contributed by atoms with E-state index in [1.807, 2.05) is 12.1 Å². The maximum absolute atomic E-state index is 13.2. The average molecular weight is 549 g/mol. The van der Waals surface area contributed by atoms with E-state index in [1.165, 1.54) is 30.4 Å². The molecule has 1 aliphatic heterocycles. The second-order valence-corrected chi connectivity index (χ2v) is 10.5. The van der Waals surface area contributed by atoms with Crippen molar-refractivity contribution in [1.29, 1.82) is 0 Å². The molecule has 2 heterocycles. The third kappa shape index (κ3) is 5.78. The molecule has 4 aromatic rings. The summed E-state index contributed by atoms with van der Waals surface area (Å²) in [6, 6.07) is 20.5. The number of fused-ring (bicyclic) bond motifs is 1. The number of halogens is 3. The predicted octanol–water partition coefficient (Wildman–Crippen LogP) is 6.97. The van der Waals surface area contributed by atoms with Crippen LogP contribution in [-0.4, -0.2) is 22.5 Å². The first-order valence-electron chi connectivity index (χ1n) is 12.2. The summed E-state index contributed by atoms with van der Waals surface area (Å²) < 4.78 is 38.9. The van der Waals surface area contributed by atoms with E-state index in [1.54, 1.807) is 47.4 Å². The molecule has 1 aromatic heterocycles. The monoisotopic (exact) mass is 548 g/mol. The normalized spacial score (nSPS) is 12.8. The zero-order valence-electron chi connectivity index (χ0n) is 20.8. The number of hydrogen-bond acceptors (Lipinski definition) is 4. The predicted molar refractivity (Wildman–Crippen MR) is 144 cm³/mol. The van der Waals surface area contributed by atoms with Crippen molar-refractivity contribution < 1.29 is 27.6 Å². The fourth-order valence-electron chi connectivity index (χ4n) is 4.54. The van der Waals surface area contributed by atoms with Gasteiger partial charge in [0, 0.05) is 29.2 Å². The van der Waals surface area contributed by atoms with E-state index in [0.29, 0.717) is 40.3 Å². The Bertz CT molecular complexity index is 1580. The van der Waals surface area contributed by atoms with Crippen molar-refractivity contribution in [3.05, 3.63) is 111 Å². The van der Waals surface area contributed by atoms with Crippen molar-refractivity contribution >= 4 is 34.6 Å². The molecular formula is C30H23F3N2O3S. The smallest absolute Gasteiger partial charge is 0.334 e. The van der Waals surface area contributed by atoms with Gasteiger partial charge in [-0.25, -0.2) is 0 Å². The van der Waals surface area contributed by atoms with Gasteiger partial charge in [0.05, 0.1) is 16.9 Å². The Morgan fingerprint density at radius 1 is 0.897 bits per heavy atom. The first kappa shape index (κ1) is 26.4. The summed E-state index contributed by atoms with van der Waals surface area (Å²) in [4.78, 5) is 40.8. The molecular weight excluding hydrogens is 525 g/mol. The zero-order valence-corrected chi connectivity index (χ0v) is 21.7. The van der Waals surface area contributed by atoms with Gasteiger partial charge < -0.3 is 10.2 Å². The van der Waals surface area contributed by atoms with E-state index in [2.05, 4.69) is 5.32 Å². The molecule has 0 bridgehead atoms. The SMILES string of the molecule is CC(=O)c1ccc(CC(=O)N2Cc3ccc(NC(=O)c4ccccc4-c4ccc(C(F)(F)F)cc4)cc3C2)s1. The van der Waals surface area contributed by atoms with Crippen LogP contribution in [0.15, 0.2) is 78.9 Å². The maximum atomic E-state index is 13.2. The highest BCUT2D eigenvalue weighted by Crippen LogP contribution is 2.32. The van der Waals surface area contributed by atoms with Crippen molar-refractivity contribution in [3.63, 3.8) is 0 Å². The number of thiophene rings is 1. The van der Waals surface area contributed by atoms with Crippen LogP contribution in [0.1, 0.15) is 48.5 Å². The molecule has 0 saturated carbocycles. The largest absolute Gasteiger partial charge is 0.416 e. The van der Waals surface area contributed by atoms with Gasteiger partial charge in [-0.05, 0) is 71.6 Å². The lowest BCUT2D eigenvalue weighted by molar-refractivity contribution is -0.137. The Morgan fingerprint density at radius 3 is 2.31 bits per heavy atom. The van der Waals surface area contributed by atoms with Crippen molar-refractivity contribution in [1.82, 2.24) is 4.90 Å². The number of carbonyl (C=O) groups is 3. The van der Waals surface area contributed by atoms with Gasteiger partial charge in [0.25, 0.3) is 5.91 Å². The topological polar surface area (TPSA) is 66.5 Å². The van der Waals surface area contributed by atoms with Crippen LogP contribution in [-0.2, 0) is 30.5 Å². The molecule has 39 heavy (non-hydrogen) atoms. The summed E-state index contributed by atoms with van der Waals surface area (Å²) in [7, 11) is 0. The second-order valence-electron chi connectivity index (χ2n) is 9.31. The van der Waals surface area contributed by atoms with Gasteiger partial charge in [0.2, 0.25) is 5.91 Å². The third-order valence-electron chi connectivity index (χ3n) is 6.57. The quantitative estimate of drug-likeness (QED) is 0.265. The Hall–Kier alpha value is -4.24. The van der Waals surface area contributed by atoms with Crippen molar-refractivity contribution in [2.45, 2.75) is 32.6 Å². The van der Waals surface area contributed by atoms with Crippen LogP contribution in [0.5, 0.6) is 0 Å². The Labute approximate surface area is 226 Å². The maximum Gasteiger partial charge on any atom is 0.416 e. The molecule has 0 saturated heterocycles. The molecule has 0 aliphatic carbocycles. The van der Waals surface area contributed by atoms with Gasteiger partial charge in [0.15, 0.2) is 5.78 Å². The first-order valence-corrected chi connectivity index (χ1v) is 13.0. The van der Waals surface area contributed by atoms with Crippen LogP contribution >= 0.6 is 11.3 Å². The number of amides is 2. The number of anilines is 1.